The minimum atomic E-state index is -1.95. The molecular formula is C16H52O8Si8. The van der Waals surface area contributed by atoms with Crippen LogP contribution in [-0.4, -0.2) is 82.5 Å². The van der Waals surface area contributed by atoms with Crippen LogP contribution in [0.1, 0.15) is 6.92 Å². The standard InChI is InChI=1S/C8H26O3Si4.C5H16O4Si3.C3H10OSi/c1-12(2)9-14(5,6)11-15(7,8)10-13(3)4;1-5-6-10(2)8-12(4)9-11(3)7-5;1-5(2,3)4/h12-13H,1-8H3;5,10-12H,1-4H3;4H,1-3H3. The Kier molecular flexibility index (Phi) is 18.0. The van der Waals surface area contributed by atoms with Crippen LogP contribution in [-0.2, 0) is 29.4 Å². The van der Waals surface area contributed by atoms with E-state index in [0.29, 0.717) is 0 Å². The first-order valence-corrected chi connectivity index (χ1v) is 32.5. The molecule has 0 aromatic heterocycles. The summed E-state index contributed by atoms with van der Waals surface area (Å²) >= 11 is 0. The zero-order chi connectivity index (χ0) is 25.9. The molecule has 1 aliphatic rings. The second-order valence-corrected chi connectivity index (χ2v) is 33.2. The molecule has 1 aliphatic heterocycles. The van der Waals surface area contributed by atoms with Gasteiger partial charge in [-0.1, -0.05) is 0 Å². The van der Waals surface area contributed by atoms with Crippen LogP contribution in [0.2, 0.25) is 91.7 Å². The summed E-state index contributed by atoms with van der Waals surface area (Å²) in [4.78, 5) is 8.66. The first-order valence-electron chi connectivity index (χ1n) is 11.5. The molecule has 32 heavy (non-hydrogen) atoms. The van der Waals surface area contributed by atoms with Crippen LogP contribution in [0, 0.1) is 0 Å². The van der Waals surface area contributed by atoms with Crippen LogP contribution in [0.4, 0.5) is 0 Å². The molecule has 0 aromatic carbocycles. The van der Waals surface area contributed by atoms with Crippen molar-refractivity contribution in [3.8, 4) is 0 Å². The normalized spacial score (nSPS) is 25.3. The molecule has 0 spiro atoms. The van der Waals surface area contributed by atoms with Gasteiger partial charge in [-0.2, -0.15) is 0 Å². The van der Waals surface area contributed by atoms with Crippen LogP contribution in [0.25, 0.3) is 0 Å². The summed E-state index contributed by atoms with van der Waals surface area (Å²) in [7, 11) is -11.9. The molecule has 0 amide bonds. The minimum absolute atomic E-state index is 0.144. The van der Waals surface area contributed by atoms with Gasteiger partial charge in [0.05, 0.1) is 0 Å². The minimum Gasteiger partial charge on any atom is -0.440 e. The van der Waals surface area contributed by atoms with Crippen molar-refractivity contribution < 1.29 is 34.2 Å². The largest absolute Gasteiger partial charge is 0.440 e. The predicted molar refractivity (Wildman–Crippen MR) is 154 cm³/mol. The van der Waals surface area contributed by atoms with Crippen LogP contribution in [0.5, 0.6) is 0 Å². The Labute approximate surface area is 209 Å². The molecule has 2 unspecified atom stereocenters. The molecule has 0 radical (unpaired) electrons. The Morgan fingerprint density at radius 3 is 1.22 bits per heavy atom. The van der Waals surface area contributed by atoms with E-state index < -0.39 is 71.4 Å². The molecule has 0 aliphatic carbocycles. The van der Waals surface area contributed by atoms with E-state index in [0.717, 1.165) is 0 Å². The van der Waals surface area contributed by atoms with E-state index in [9.17, 15) is 0 Å². The molecule has 16 heteroatoms. The number of hydrogen-bond donors (Lipinski definition) is 1. The summed E-state index contributed by atoms with van der Waals surface area (Å²) in [6.45, 7) is 30.8. The highest BCUT2D eigenvalue weighted by Crippen LogP contribution is 2.18. The zero-order valence-electron chi connectivity index (χ0n) is 23.3. The predicted octanol–water partition coefficient (Wildman–Crippen LogP) is 3.18. The monoisotopic (exact) mass is 596 g/mol. The lowest BCUT2D eigenvalue weighted by Crippen LogP contribution is -2.51. The van der Waals surface area contributed by atoms with Gasteiger partial charge in [0, 0.05) is 0 Å². The highest BCUT2D eigenvalue weighted by Gasteiger charge is 2.37. The SMILES string of the molecule is CC1O[SiH](C)O[SiH](C)O[SiH](C)O1.C[SiH](C)O[Si](C)(C)O[Si](C)(C)O[SiH](C)C.C[Si](C)(C)O. The molecule has 1 rings (SSSR count). The lowest BCUT2D eigenvalue weighted by atomic mass is 10.8. The smallest absolute Gasteiger partial charge is 0.312 e. The van der Waals surface area contributed by atoms with Crippen LogP contribution < -0.4 is 0 Å². The third kappa shape index (κ3) is 26.0. The highest BCUT2D eigenvalue weighted by molar-refractivity contribution is 6.84. The molecule has 0 aromatic rings. The average molecular weight is 597 g/mol. The van der Waals surface area contributed by atoms with Gasteiger partial charge < -0.3 is 34.2 Å². The van der Waals surface area contributed by atoms with Gasteiger partial charge in [0.2, 0.25) is 0 Å². The zero-order valence-corrected chi connectivity index (χ0v) is 32.0. The molecule has 2 atom stereocenters. The maximum absolute atomic E-state index is 8.66. The van der Waals surface area contributed by atoms with Crippen LogP contribution >= 0.6 is 0 Å². The fourth-order valence-corrected chi connectivity index (χ4v) is 25.1. The van der Waals surface area contributed by atoms with Crippen LogP contribution in [0.3, 0.4) is 0 Å². The van der Waals surface area contributed by atoms with Crippen molar-refractivity contribution in [2.45, 2.75) is 105 Å². The maximum Gasteiger partial charge on any atom is 0.312 e. The second-order valence-electron chi connectivity index (χ2n) is 10.2. The van der Waals surface area contributed by atoms with E-state index in [1.807, 2.05) is 46.2 Å². The van der Waals surface area contributed by atoms with E-state index in [2.05, 4.69) is 52.4 Å². The van der Waals surface area contributed by atoms with Gasteiger partial charge in [-0.3, -0.25) is 0 Å². The Hall–Kier alpha value is 1.42. The summed E-state index contributed by atoms with van der Waals surface area (Å²) in [5.41, 5.74) is 0. The topological polar surface area (TPSA) is 84.8 Å². The van der Waals surface area contributed by atoms with E-state index >= 15 is 0 Å². The Bertz CT molecular complexity index is 427. The van der Waals surface area contributed by atoms with Gasteiger partial charge in [-0.25, -0.2) is 0 Å². The molecular weight excluding hydrogens is 545 g/mol. The van der Waals surface area contributed by atoms with Crippen molar-refractivity contribution in [2.24, 2.45) is 0 Å². The van der Waals surface area contributed by atoms with E-state index in [1.54, 1.807) is 0 Å². The maximum atomic E-state index is 8.66. The van der Waals surface area contributed by atoms with Gasteiger partial charge in [0.15, 0.2) is 26.4 Å². The fraction of sp³-hybridized carbons (Fsp3) is 1.00. The van der Waals surface area contributed by atoms with Crippen molar-refractivity contribution in [1.29, 1.82) is 0 Å². The molecule has 1 heterocycles. The van der Waals surface area contributed by atoms with Crippen LogP contribution in [0.15, 0.2) is 0 Å². The summed E-state index contributed by atoms with van der Waals surface area (Å²) in [5, 5.41) is 0. The van der Waals surface area contributed by atoms with Crippen molar-refractivity contribution in [3.05, 3.63) is 0 Å². The van der Waals surface area contributed by atoms with Crippen molar-refractivity contribution in [1.82, 2.24) is 0 Å². The van der Waals surface area contributed by atoms with Gasteiger partial charge in [-0.05, 0) is 98.6 Å². The highest BCUT2D eigenvalue weighted by atomic mass is 28.5. The van der Waals surface area contributed by atoms with E-state index in [-0.39, 0.29) is 6.29 Å². The molecule has 196 valence electrons. The number of hydrogen-bond acceptors (Lipinski definition) is 8. The van der Waals surface area contributed by atoms with Gasteiger partial charge in [-0.15, -0.1) is 0 Å². The fourth-order valence-electron chi connectivity index (χ4n) is 2.98. The van der Waals surface area contributed by atoms with Gasteiger partial charge in [0.25, 0.3) is 9.28 Å². The molecule has 8 nitrogen and oxygen atoms in total. The molecule has 1 saturated heterocycles. The Morgan fingerprint density at radius 2 is 0.969 bits per heavy atom. The molecule has 0 saturated carbocycles. The van der Waals surface area contributed by atoms with E-state index in [4.69, 9.17) is 34.2 Å². The third-order valence-electron chi connectivity index (χ3n) is 3.06. The second kappa shape index (κ2) is 16.2. The summed E-state index contributed by atoms with van der Waals surface area (Å²) in [6.07, 6.45) is -0.144. The third-order valence-corrected chi connectivity index (χ3v) is 23.0. The first-order chi connectivity index (χ1) is 14.1. The molecule has 1 fully saturated rings. The average Bonchev–Trinajstić information content (AvgIpc) is 2.38. The molecule has 0 bridgehead atoms. The first kappa shape index (κ1) is 35.6. The summed E-state index contributed by atoms with van der Waals surface area (Å²) < 4.78 is 40.4. The summed E-state index contributed by atoms with van der Waals surface area (Å²) in [5.74, 6) is 0. The lowest BCUT2D eigenvalue weighted by molar-refractivity contribution is -0.0131. The van der Waals surface area contributed by atoms with E-state index in [1.165, 1.54) is 0 Å². The molecule has 1 N–H and O–H groups in total. The number of rotatable bonds is 6. The van der Waals surface area contributed by atoms with Crippen molar-refractivity contribution in [3.63, 3.8) is 0 Å². The Balaban J connectivity index is 0. The van der Waals surface area contributed by atoms with Crippen molar-refractivity contribution in [2.75, 3.05) is 0 Å². The van der Waals surface area contributed by atoms with Gasteiger partial charge in [0.1, 0.15) is 6.29 Å². The summed E-state index contributed by atoms with van der Waals surface area (Å²) in [6, 6.07) is 0. The Morgan fingerprint density at radius 1 is 0.688 bits per heavy atom. The van der Waals surface area contributed by atoms with Crippen molar-refractivity contribution >= 4 is 71.4 Å². The van der Waals surface area contributed by atoms with Gasteiger partial charge >= 0.3 is 35.7 Å². The quantitative estimate of drug-likeness (QED) is 0.468. The lowest BCUT2D eigenvalue weighted by Gasteiger charge is -2.35.